The zero-order valence-electron chi connectivity index (χ0n) is 12.0. The Morgan fingerprint density at radius 3 is 2.65 bits per heavy atom. The molecule has 2 aromatic rings. The molecule has 0 fully saturated rings. The molecule has 0 saturated carbocycles. The summed E-state index contributed by atoms with van der Waals surface area (Å²) in [4.78, 5) is 12.3. The van der Waals surface area contributed by atoms with Crippen molar-refractivity contribution in [2.24, 2.45) is 7.05 Å². The second-order valence-electron chi connectivity index (χ2n) is 4.99. The van der Waals surface area contributed by atoms with Crippen molar-refractivity contribution in [3.8, 4) is 0 Å². The Kier molecular flexibility index (Phi) is 4.20. The van der Waals surface area contributed by atoms with Crippen LogP contribution in [0.15, 0.2) is 42.7 Å². The van der Waals surface area contributed by atoms with Gasteiger partial charge in [-0.2, -0.15) is 5.10 Å². The predicted octanol–water partition coefficient (Wildman–Crippen LogP) is 1.71. The van der Waals surface area contributed by atoms with Crippen LogP contribution in [0.5, 0.6) is 0 Å². The molecule has 0 aliphatic carbocycles. The average molecular weight is 273 g/mol. The first kappa shape index (κ1) is 14.3. The van der Waals surface area contributed by atoms with E-state index in [4.69, 9.17) is 4.74 Å². The summed E-state index contributed by atoms with van der Waals surface area (Å²) < 4.78 is 6.87. The fourth-order valence-electron chi connectivity index (χ4n) is 2.15. The zero-order chi connectivity index (χ0) is 14.6. The van der Waals surface area contributed by atoms with Crippen LogP contribution in [0.2, 0.25) is 0 Å². The van der Waals surface area contributed by atoms with Gasteiger partial charge >= 0.3 is 0 Å². The minimum absolute atomic E-state index is 0.165. The first-order valence-electron chi connectivity index (χ1n) is 6.41. The molecule has 20 heavy (non-hydrogen) atoms. The third-order valence-electron chi connectivity index (χ3n) is 3.20. The minimum Gasteiger partial charge on any atom is -0.382 e. The van der Waals surface area contributed by atoms with E-state index in [1.807, 2.05) is 37.3 Å². The molecule has 1 aromatic carbocycles. The molecule has 2 rings (SSSR count). The number of benzene rings is 1. The third-order valence-corrected chi connectivity index (χ3v) is 3.20. The number of hydrogen-bond donors (Lipinski definition) is 1. The highest BCUT2D eigenvalue weighted by molar-refractivity contribution is 5.94. The van der Waals surface area contributed by atoms with Gasteiger partial charge in [-0.3, -0.25) is 9.48 Å². The lowest BCUT2D eigenvalue weighted by Gasteiger charge is -2.30. The zero-order valence-corrected chi connectivity index (χ0v) is 12.0. The van der Waals surface area contributed by atoms with E-state index in [0.29, 0.717) is 12.2 Å². The van der Waals surface area contributed by atoms with Gasteiger partial charge in [0.15, 0.2) is 0 Å². The summed E-state index contributed by atoms with van der Waals surface area (Å²) in [6, 6.07) is 9.78. The van der Waals surface area contributed by atoms with Crippen molar-refractivity contribution in [3.63, 3.8) is 0 Å². The van der Waals surface area contributed by atoms with Gasteiger partial charge in [-0.1, -0.05) is 30.3 Å². The molecular weight excluding hydrogens is 254 g/mol. The number of amides is 1. The highest BCUT2D eigenvalue weighted by Gasteiger charge is 2.29. The van der Waals surface area contributed by atoms with E-state index in [1.54, 1.807) is 31.2 Å². The number of hydrogen-bond acceptors (Lipinski definition) is 3. The lowest BCUT2D eigenvalue weighted by Crippen LogP contribution is -2.46. The molecule has 0 bridgehead atoms. The summed E-state index contributed by atoms with van der Waals surface area (Å²) in [7, 11) is 3.40. The number of rotatable bonds is 5. The van der Waals surface area contributed by atoms with Crippen LogP contribution in [0.1, 0.15) is 22.8 Å². The number of methoxy groups -OCH3 is 1. The number of nitrogens with zero attached hydrogens (tertiary/aromatic N) is 2. The smallest absolute Gasteiger partial charge is 0.255 e. The van der Waals surface area contributed by atoms with Gasteiger partial charge in [0.05, 0.1) is 23.9 Å². The predicted molar refractivity (Wildman–Crippen MR) is 76.3 cm³/mol. The number of carbonyl (C=O) groups excluding carboxylic acids is 1. The molecule has 5 heteroatoms. The quantitative estimate of drug-likeness (QED) is 0.902. The van der Waals surface area contributed by atoms with Crippen LogP contribution in [-0.4, -0.2) is 29.4 Å². The summed E-state index contributed by atoms with van der Waals surface area (Å²) in [5.41, 5.74) is 0.952. The standard InChI is InChI=1S/C15H19N3O2/c1-15(11-20-3,13-7-5-4-6-8-13)17-14(19)12-9-16-18(2)10-12/h4-10H,11H2,1-3H3,(H,17,19)/t15-/m1/s1. The maximum atomic E-state index is 12.3. The van der Waals surface area contributed by atoms with Gasteiger partial charge in [-0.05, 0) is 12.5 Å². The minimum atomic E-state index is -0.580. The van der Waals surface area contributed by atoms with Crippen molar-refractivity contribution >= 4 is 5.91 Å². The number of ether oxygens (including phenoxy) is 1. The topological polar surface area (TPSA) is 56.1 Å². The molecule has 1 atom stereocenters. The summed E-state index contributed by atoms with van der Waals surface area (Å²) in [6.45, 7) is 2.34. The molecular formula is C15H19N3O2. The molecule has 0 aliphatic rings. The monoisotopic (exact) mass is 273 g/mol. The van der Waals surface area contributed by atoms with Gasteiger partial charge < -0.3 is 10.1 Å². The summed E-state index contributed by atoms with van der Waals surface area (Å²) >= 11 is 0. The molecule has 0 spiro atoms. The van der Waals surface area contributed by atoms with E-state index in [0.717, 1.165) is 5.56 Å². The Labute approximate surface area is 118 Å². The van der Waals surface area contributed by atoms with E-state index in [1.165, 1.54) is 0 Å². The van der Waals surface area contributed by atoms with Gasteiger partial charge in [0, 0.05) is 20.4 Å². The number of carbonyl (C=O) groups is 1. The van der Waals surface area contributed by atoms with E-state index in [9.17, 15) is 4.79 Å². The number of aryl methyl sites for hydroxylation is 1. The van der Waals surface area contributed by atoms with Crippen LogP contribution >= 0.6 is 0 Å². The molecule has 0 saturated heterocycles. The Balaban J connectivity index is 2.23. The van der Waals surface area contributed by atoms with E-state index in [-0.39, 0.29) is 5.91 Å². The molecule has 1 N–H and O–H groups in total. The normalized spacial score (nSPS) is 13.8. The van der Waals surface area contributed by atoms with Gasteiger partial charge in [0.25, 0.3) is 5.91 Å². The van der Waals surface area contributed by atoms with Gasteiger partial charge in [-0.15, -0.1) is 0 Å². The van der Waals surface area contributed by atoms with Crippen molar-refractivity contribution in [2.45, 2.75) is 12.5 Å². The van der Waals surface area contributed by atoms with E-state index < -0.39 is 5.54 Å². The third kappa shape index (κ3) is 3.05. The van der Waals surface area contributed by atoms with E-state index in [2.05, 4.69) is 10.4 Å². The lowest BCUT2D eigenvalue weighted by molar-refractivity contribution is 0.0786. The van der Waals surface area contributed by atoms with Crippen LogP contribution in [0.3, 0.4) is 0 Å². The van der Waals surface area contributed by atoms with Crippen LogP contribution in [0, 0.1) is 0 Å². The summed E-state index contributed by atoms with van der Waals surface area (Å²) in [5.74, 6) is -0.165. The first-order chi connectivity index (χ1) is 9.55. The Hall–Kier alpha value is -2.14. The fraction of sp³-hybridized carbons (Fsp3) is 0.333. The van der Waals surface area contributed by atoms with Crippen molar-refractivity contribution in [1.29, 1.82) is 0 Å². The molecule has 1 heterocycles. The van der Waals surface area contributed by atoms with Crippen molar-refractivity contribution < 1.29 is 9.53 Å². The Morgan fingerprint density at radius 1 is 1.40 bits per heavy atom. The van der Waals surface area contributed by atoms with Gasteiger partial charge in [-0.25, -0.2) is 0 Å². The van der Waals surface area contributed by atoms with Crippen LogP contribution in [0.25, 0.3) is 0 Å². The molecule has 0 radical (unpaired) electrons. The Morgan fingerprint density at radius 2 is 2.10 bits per heavy atom. The van der Waals surface area contributed by atoms with E-state index >= 15 is 0 Å². The number of nitrogens with one attached hydrogen (secondary N) is 1. The van der Waals surface area contributed by atoms with Crippen molar-refractivity contribution in [2.75, 3.05) is 13.7 Å². The maximum Gasteiger partial charge on any atom is 0.255 e. The molecule has 1 aromatic heterocycles. The molecule has 0 unspecified atom stereocenters. The highest BCUT2D eigenvalue weighted by atomic mass is 16.5. The summed E-state index contributed by atoms with van der Waals surface area (Å²) in [6.07, 6.45) is 3.24. The van der Waals surface area contributed by atoms with Crippen LogP contribution in [0.4, 0.5) is 0 Å². The SMILES string of the molecule is COC[C@@](C)(NC(=O)c1cnn(C)c1)c1ccccc1. The molecule has 106 valence electrons. The number of aromatic nitrogens is 2. The largest absolute Gasteiger partial charge is 0.382 e. The van der Waals surface area contributed by atoms with Crippen molar-refractivity contribution in [1.82, 2.24) is 15.1 Å². The maximum absolute atomic E-state index is 12.3. The second-order valence-corrected chi connectivity index (χ2v) is 4.99. The summed E-state index contributed by atoms with van der Waals surface area (Å²) in [5, 5.41) is 7.03. The van der Waals surface area contributed by atoms with Gasteiger partial charge in [0.2, 0.25) is 0 Å². The van der Waals surface area contributed by atoms with Crippen LogP contribution < -0.4 is 5.32 Å². The lowest BCUT2D eigenvalue weighted by atomic mass is 9.92. The first-order valence-corrected chi connectivity index (χ1v) is 6.41. The molecule has 1 amide bonds. The van der Waals surface area contributed by atoms with Crippen LogP contribution in [-0.2, 0) is 17.3 Å². The second kappa shape index (κ2) is 5.88. The molecule has 0 aliphatic heterocycles. The molecule has 5 nitrogen and oxygen atoms in total. The average Bonchev–Trinajstić information content (AvgIpc) is 2.87. The Bertz CT molecular complexity index is 580. The van der Waals surface area contributed by atoms with Crippen molar-refractivity contribution in [3.05, 3.63) is 53.9 Å². The fourth-order valence-corrected chi connectivity index (χ4v) is 2.15. The highest BCUT2D eigenvalue weighted by Crippen LogP contribution is 2.21. The van der Waals surface area contributed by atoms with Gasteiger partial charge in [0.1, 0.15) is 0 Å².